The lowest BCUT2D eigenvalue weighted by molar-refractivity contribution is -0.0688. The van der Waals surface area contributed by atoms with Gasteiger partial charge in [0.1, 0.15) is 11.6 Å². The Morgan fingerprint density at radius 1 is 0.950 bits per heavy atom. The van der Waals surface area contributed by atoms with Crippen molar-refractivity contribution in [3.05, 3.63) is 35.4 Å². The molecule has 1 nitrogen and oxygen atoms in total. The molecule has 108 valence electrons. The SMILES string of the molecule is NC(c1c(F)cccc1F)C12CC3CC(CC(C3)C1)C2. The summed E-state index contributed by atoms with van der Waals surface area (Å²) >= 11 is 0. The monoisotopic (exact) mass is 277 g/mol. The number of benzene rings is 1. The predicted molar refractivity (Wildman–Crippen MR) is 73.9 cm³/mol. The van der Waals surface area contributed by atoms with E-state index in [0.29, 0.717) is 0 Å². The van der Waals surface area contributed by atoms with Gasteiger partial charge in [-0.2, -0.15) is 0 Å². The second kappa shape index (κ2) is 4.27. The third-order valence-electron chi connectivity index (χ3n) is 6.06. The Morgan fingerprint density at radius 2 is 1.40 bits per heavy atom. The Bertz CT molecular complexity index is 484. The minimum absolute atomic E-state index is 0.0578. The zero-order valence-corrected chi connectivity index (χ0v) is 11.6. The van der Waals surface area contributed by atoms with Crippen molar-refractivity contribution in [2.24, 2.45) is 28.9 Å². The highest BCUT2D eigenvalue weighted by Crippen LogP contribution is 2.63. The highest BCUT2D eigenvalue weighted by atomic mass is 19.1. The van der Waals surface area contributed by atoms with Gasteiger partial charge in [0.15, 0.2) is 0 Å². The maximum Gasteiger partial charge on any atom is 0.130 e. The summed E-state index contributed by atoms with van der Waals surface area (Å²) in [6.07, 6.45) is 7.12. The van der Waals surface area contributed by atoms with Crippen molar-refractivity contribution in [3.63, 3.8) is 0 Å². The van der Waals surface area contributed by atoms with Gasteiger partial charge in [0.2, 0.25) is 0 Å². The Morgan fingerprint density at radius 3 is 1.85 bits per heavy atom. The van der Waals surface area contributed by atoms with E-state index in [-0.39, 0.29) is 11.0 Å². The molecule has 1 aromatic rings. The van der Waals surface area contributed by atoms with Crippen LogP contribution in [0.1, 0.15) is 50.1 Å². The summed E-state index contributed by atoms with van der Waals surface area (Å²) in [5, 5.41) is 0. The maximum absolute atomic E-state index is 14.1. The fourth-order valence-corrected chi connectivity index (χ4v) is 5.67. The summed E-state index contributed by atoms with van der Waals surface area (Å²) in [5.74, 6) is 1.26. The van der Waals surface area contributed by atoms with E-state index in [1.165, 1.54) is 37.5 Å². The molecule has 0 amide bonds. The quantitative estimate of drug-likeness (QED) is 0.862. The average molecular weight is 277 g/mol. The molecule has 4 saturated carbocycles. The van der Waals surface area contributed by atoms with Gasteiger partial charge >= 0.3 is 0 Å². The molecule has 1 unspecified atom stereocenters. The second-order valence-electron chi connectivity index (χ2n) is 7.39. The first-order valence-corrected chi connectivity index (χ1v) is 7.77. The van der Waals surface area contributed by atoms with Crippen molar-refractivity contribution in [3.8, 4) is 0 Å². The Hall–Kier alpha value is -0.960. The molecular formula is C17H21F2N. The molecule has 0 heterocycles. The fraction of sp³-hybridized carbons (Fsp3) is 0.647. The van der Waals surface area contributed by atoms with Crippen molar-refractivity contribution in [2.45, 2.75) is 44.6 Å². The van der Waals surface area contributed by atoms with E-state index in [0.717, 1.165) is 37.0 Å². The van der Waals surface area contributed by atoms with E-state index in [4.69, 9.17) is 5.73 Å². The molecule has 0 aromatic heterocycles. The minimum atomic E-state index is -0.489. The van der Waals surface area contributed by atoms with Crippen LogP contribution in [-0.4, -0.2) is 0 Å². The molecular weight excluding hydrogens is 256 g/mol. The van der Waals surface area contributed by atoms with Crippen molar-refractivity contribution in [2.75, 3.05) is 0 Å². The van der Waals surface area contributed by atoms with Crippen molar-refractivity contribution in [1.29, 1.82) is 0 Å². The molecule has 0 saturated heterocycles. The molecule has 1 atom stereocenters. The van der Waals surface area contributed by atoms with E-state index in [1.54, 1.807) is 0 Å². The zero-order chi connectivity index (χ0) is 13.9. The summed E-state index contributed by atoms with van der Waals surface area (Å²) in [4.78, 5) is 0. The van der Waals surface area contributed by atoms with Crippen LogP contribution < -0.4 is 5.73 Å². The van der Waals surface area contributed by atoms with Gasteiger partial charge in [-0.3, -0.25) is 0 Å². The van der Waals surface area contributed by atoms with Crippen molar-refractivity contribution in [1.82, 2.24) is 0 Å². The Labute approximate surface area is 118 Å². The molecule has 0 radical (unpaired) electrons. The van der Waals surface area contributed by atoms with Crippen LogP contribution in [0.2, 0.25) is 0 Å². The van der Waals surface area contributed by atoms with Crippen LogP contribution in [0.15, 0.2) is 18.2 Å². The number of hydrogen-bond acceptors (Lipinski definition) is 1. The van der Waals surface area contributed by atoms with Crippen LogP contribution in [-0.2, 0) is 0 Å². The molecule has 3 heteroatoms. The maximum atomic E-state index is 14.1. The summed E-state index contributed by atoms with van der Waals surface area (Å²) in [6, 6.07) is 3.59. The molecule has 0 aliphatic heterocycles. The molecule has 4 fully saturated rings. The molecule has 0 spiro atoms. The van der Waals surface area contributed by atoms with Gasteiger partial charge in [0, 0.05) is 11.6 Å². The number of nitrogens with two attached hydrogens (primary N) is 1. The van der Waals surface area contributed by atoms with Crippen LogP contribution in [0.4, 0.5) is 8.78 Å². The molecule has 1 aromatic carbocycles. The average Bonchev–Trinajstić information content (AvgIpc) is 2.36. The fourth-order valence-electron chi connectivity index (χ4n) is 5.67. The largest absolute Gasteiger partial charge is 0.323 e. The van der Waals surface area contributed by atoms with Crippen LogP contribution in [0.25, 0.3) is 0 Å². The van der Waals surface area contributed by atoms with Crippen LogP contribution >= 0.6 is 0 Å². The van der Waals surface area contributed by atoms with Crippen molar-refractivity contribution >= 4 is 0 Å². The first-order valence-electron chi connectivity index (χ1n) is 7.77. The molecule has 4 aliphatic rings. The van der Waals surface area contributed by atoms with Gasteiger partial charge in [0.25, 0.3) is 0 Å². The Balaban J connectivity index is 1.73. The van der Waals surface area contributed by atoms with E-state index >= 15 is 0 Å². The van der Waals surface area contributed by atoms with E-state index in [1.807, 2.05) is 0 Å². The first-order chi connectivity index (χ1) is 9.57. The molecule has 4 aliphatic carbocycles. The van der Waals surface area contributed by atoms with Gasteiger partial charge in [0.05, 0.1) is 0 Å². The third kappa shape index (κ3) is 1.75. The smallest absolute Gasteiger partial charge is 0.130 e. The predicted octanol–water partition coefficient (Wildman–Crippen LogP) is 4.18. The van der Waals surface area contributed by atoms with Gasteiger partial charge in [-0.05, 0) is 73.8 Å². The molecule has 2 N–H and O–H groups in total. The van der Waals surface area contributed by atoms with Gasteiger partial charge < -0.3 is 5.73 Å². The van der Waals surface area contributed by atoms with E-state index in [2.05, 4.69) is 0 Å². The molecule has 4 bridgehead atoms. The normalized spacial score (nSPS) is 40.0. The van der Waals surface area contributed by atoms with E-state index < -0.39 is 17.7 Å². The van der Waals surface area contributed by atoms with Crippen LogP contribution in [0, 0.1) is 34.8 Å². The third-order valence-corrected chi connectivity index (χ3v) is 6.06. The number of hydrogen-bond donors (Lipinski definition) is 1. The highest BCUT2D eigenvalue weighted by Gasteiger charge is 2.54. The number of rotatable bonds is 2. The molecule has 20 heavy (non-hydrogen) atoms. The lowest BCUT2D eigenvalue weighted by Gasteiger charge is -2.59. The second-order valence-corrected chi connectivity index (χ2v) is 7.39. The number of halogens is 2. The zero-order valence-electron chi connectivity index (χ0n) is 11.6. The van der Waals surface area contributed by atoms with E-state index in [9.17, 15) is 8.78 Å². The summed E-state index contributed by atoms with van der Waals surface area (Å²) in [6.45, 7) is 0. The summed E-state index contributed by atoms with van der Waals surface area (Å²) in [5.41, 5.74) is 6.48. The minimum Gasteiger partial charge on any atom is -0.323 e. The standard InChI is InChI=1S/C17H21F2N/c18-13-2-1-3-14(19)15(13)16(20)17-7-10-4-11(8-17)6-12(5-10)9-17/h1-3,10-12,16H,4-9,20H2. The summed E-state index contributed by atoms with van der Waals surface area (Å²) < 4.78 is 28.1. The van der Waals surface area contributed by atoms with Gasteiger partial charge in [-0.1, -0.05) is 6.07 Å². The lowest BCUT2D eigenvalue weighted by Crippen LogP contribution is -2.51. The molecule has 5 rings (SSSR count). The Kier molecular flexibility index (Phi) is 2.72. The van der Waals surface area contributed by atoms with Crippen LogP contribution in [0.3, 0.4) is 0 Å². The van der Waals surface area contributed by atoms with Crippen molar-refractivity contribution < 1.29 is 8.78 Å². The van der Waals surface area contributed by atoms with Gasteiger partial charge in [-0.25, -0.2) is 8.78 Å². The summed E-state index contributed by atoms with van der Waals surface area (Å²) in [7, 11) is 0. The highest BCUT2D eigenvalue weighted by molar-refractivity contribution is 5.26. The lowest BCUT2D eigenvalue weighted by atomic mass is 9.47. The first kappa shape index (κ1) is 12.8. The van der Waals surface area contributed by atoms with Crippen LogP contribution in [0.5, 0.6) is 0 Å². The van der Waals surface area contributed by atoms with Gasteiger partial charge in [-0.15, -0.1) is 0 Å². The topological polar surface area (TPSA) is 26.0 Å².